The van der Waals surface area contributed by atoms with E-state index in [0.717, 1.165) is 22.1 Å². The number of rotatable bonds is 9. The van der Waals surface area contributed by atoms with E-state index in [1.807, 2.05) is 17.5 Å². The molecule has 0 fully saturated rings. The fourth-order valence-electron chi connectivity index (χ4n) is 2.79. The maximum Gasteiger partial charge on any atom is 0.175 e. The zero-order valence-corrected chi connectivity index (χ0v) is 17.4. The summed E-state index contributed by atoms with van der Waals surface area (Å²) in [5, 5.41) is 12.7. The number of ether oxygens (including phenoxy) is 3. The molecule has 0 aromatic carbocycles. The second kappa shape index (κ2) is 9.44. The maximum absolute atomic E-state index is 9.22. The third-order valence-corrected chi connectivity index (χ3v) is 6.97. The van der Waals surface area contributed by atoms with Crippen LogP contribution in [0, 0.1) is 11.8 Å². The van der Waals surface area contributed by atoms with E-state index in [1.165, 1.54) is 11.3 Å². The lowest BCUT2D eigenvalue weighted by atomic mass is 9.97. The van der Waals surface area contributed by atoms with Gasteiger partial charge in [0.25, 0.3) is 0 Å². The highest BCUT2D eigenvalue weighted by Gasteiger charge is 2.30. The highest BCUT2D eigenvalue weighted by molar-refractivity contribution is 7.18. The van der Waals surface area contributed by atoms with Crippen molar-refractivity contribution in [2.24, 2.45) is 11.8 Å². The van der Waals surface area contributed by atoms with Gasteiger partial charge in [0.2, 0.25) is 0 Å². The Labute approximate surface area is 170 Å². The lowest BCUT2D eigenvalue weighted by molar-refractivity contribution is 0.0698. The minimum absolute atomic E-state index is 0.0905. The molecule has 1 aliphatic rings. The van der Waals surface area contributed by atoms with Gasteiger partial charge in [0, 0.05) is 26.8 Å². The summed E-state index contributed by atoms with van der Waals surface area (Å²) in [6.45, 7) is 1.56. The SMILES string of the molecule is COc1csc(COC[C@H]2CC=C(Cl)[C@@H]2COc2cc(CO)c(Cl)s2)c1. The number of hydrogen-bond acceptors (Lipinski definition) is 6. The highest BCUT2D eigenvalue weighted by atomic mass is 35.5. The lowest BCUT2D eigenvalue weighted by Crippen LogP contribution is -2.22. The lowest BCUT2D eigenvalue weighted by Gasteiger charge is -2.20. The summed E-state index contributed by atoms with van der Waals surface area (Å²) in [5.74, 6) is 1.26. The Bertz CT molecular complexity index is 756. The molecule has 0 saturated carbocycles. The van der Waals surface area contributed by atoms with Gasteiger partial charge in [-0.2, -0.15) is 0 Å². The van der Waals surface area contributed by atoms with Gasteiger partial charge >= 0.3 is 0 Å². The van der Waals surface area contributed by atoms with Crippen LogP contribution in [-0.2, 0) is 18.0 Å². The number of halogens is 2. The molecule has 2 aromatic rings. The van der Waals surface area contributed by atoms with Crippen LogP contribution in [0.2, 0.25) is 4.34 Å². The van der Waals surface area contributed by atoms with Gasteiger partial charge in [-0.05, 0) is 24.5 Å². The van der Waals surface area contributed by atoms with Gasteiger partial charge in [-0.3, -0.25) is 0 Å². The van der Waals surface area contributed by atoms with Crippen LogP contribution in [0.4, 0.5) is 0 Å². The summed E-state index contributed by atoms with van der Waals surface area (Å²) in [6, 6.07) is 3.76. The molecular weight excluding hydrogens is 415 g/mol. The predicted octanol–water partition coefficient (Wildman–Crippen LogP) is 5.32. The van der Waals surface area contributed by atoms with Crippen LogP contribution in [0.1, 0.15) is 16.9 Å². The van der Waals surface area contributed by atoms with Crippen molar-refractivity contribution >= 4 is 45.9 Å². The molecule has 0 saturated heterocycles. The number of allylic oxidation sites excluding steroid dienone is 1. The monoisotopic (exact) mass is 434 g/mol. The van der Waals surface area contributed by atoms with E-state index >= 15 is 0 Å². The Morgan fingerprint density at radius 2 is 2.12 bits per heavy atom. The molecular formula is C18H20Cl2O4S2. The van der Waals surface area contributed by atoms with Gasteiger partial charge in [0.15, 0.2) is 5.06 Å². The fraction of sp³-hybridized carbons (Fsp3) is 0.444. The van der Waals surface area contributed by atoms with Crippen LogP contribution in [0.15, 0.2) is 28.6 Å². The van der Waals surface area contributed by atoms with Gasteiger partial charge < -0.3 is 19.3 Å². The first kappa shape index (κ1) is 20.0. The average Bonchev–Trinajstić information content (AvgIpc) is 3.33. The minimum atomic E-state index is -0.0905. The zero-order chi connectivity index (χ0) is 18.5. The summed E-state index contributed by atoms with van der Waals surface area (Å²) in [6.07, 6.45) is 2.92. The first-order chi connectivity index (χ1) is 12.6. The van der Waals surface area contributed by atoms with Crippen molar-refractivity contribution in [1.82, 2.24) is 0 Å². The molecule has 2 atom stereocenters. The van der Waals surface area contributed by atoms with E-state index in [2.05, 4.69) is 0 Å². The van der Waals surface area contributed by atoms with Gasteiger partial charge in [0.1, 0.15) is 10.1 Å². The van der Waals surface area contributed by atoms with Crippen molar-refractivity contribution in [3.8, 4) is 10.8 Å². The molecule has 0 unspecified atom stereocenters. The topological polar surface area (TPSA) is 47.9 Å². The Kier molecular flexibility index (Phi) is 7.26. The highest BCUT2D eigenvalue weighted by Crippen LogP contribution is 2.38. The summed E-state index contributed by atoms with van der Waals surface area (Å²) < 4.78 is 17.5. The van der Waals surface area contributed by atoms with E-state index in [0.29, 0.717) is 34.8 Å². The molecule has 0 radical (unpaired) electrons. The average molecular weight is 435 g/mol. The van der Waals surface area contributed by atoms with Crippen molar-refractivity contribution in [1.29, 1.82) is 0 Å². The summed E-state index contributed by atoms with van der Waals surface area (Å²) in [4.78, 5) is 1.14. The number of hydrogen-bond donors (Lipinski definition) is 1. The third-order valence-electron chi connectivity index (χ3n) is 4.29. The number of aliphatic hydroxyl groups is 1. The third kappa shape index (κ3) is 4.94. The van der Waals surface area contributed by atoms with Crippen LogP contribution in [0.25, 0.3) is 0 Å². The standard InChI is InChI=1S/C18H20Cl2O4S2/c1-22-13-5-14(25-10-13)8-23-7-11-2-3-16(19)15(11)9-24-17-4-12(6-21)18(20)26-17/h3-5,10-11,15,21H,2,6-9H2,1H3/t11-,15-/m1/s1. The van der Waals surface area contributed by atoms with Gasteiger partial charge in [-0.25, -0.2) is 0 Å². The van der Waals surface area contributed by atoms with Crippen LogP contribution < -0.4 is 9.47 Å². The Morgan fingerprint density at radius 3 is 2.81 bits per heavy atom. The quantitative estimate of drug-likeness (QED) is 0.579. The Balaban J connectivity index is 1.49. The summed E-state index contributed by atoms with van der Waals surface area (Å²) in [7, 11) is 1.66. The molecule has 1 aliphatic carbocycles. The minimum Gasteiger partial charge on any atom is -0.496 e. The van der Waals surface area contributed by atoms with Crippen LogP contribution >= 0.6 is 45.9 Å². The fourth-order valence-corrected chi connectivity index (χ4v) is 4.99. The normalized spacial score (nSPS) is 19.6. The first-order valence-electron chi connectivity index (χ1n) is 8.17. The molecule has 3 rings (SSSR count). The van der Waals surface area contributed by atoms with Crippen LogP contribution in [-0.4, -0.2) is 25.4 Å². The molecule has 2 heterocycles. The Hall–Kier alpha value is -0.760. The molecule has 2 aromatic heterocycles. The van der Waals surface area contributed by atoms with Crippen molar-refractivity contribution in [2.75, 3.05) is 20.3 Å². The molecule has 26 heavy (non-hydrogen) atoms. The van der Waals surface area contributed by atoms with E-state index in [1.54, 1.807) is 24.5 Å². The number of methoxy groups -OCH3 is 1. The summed E-state index contributed by atoms with van der Waals surface area (Å²) in [5.41, 5.74) is 0.686. The van der Waals surface area contributed by atoms with Crippen molar-refractivity contribution in [3.63, 3.8) is 0 Å². The predicted molar refractivity (Wildman–Crippen MR) is 107 cm³/mol. The maximum atomic E-state index is 9.22. The van der Waals surface area contributed by atoms with Gasteiger partial charge in [0.05, 0.1) is 33.5 Å². The van der Waals surface area contributed by atoms with E-state index in [-0.39, 0.29) is 18.4 Å². The molecule has 0 aliphatic heterocycles. The Morgan fingerprint density at radius 1 is 1.27 bits per heavy atom. The van der Waals surface area contributed by atoms with Crippen LogP contribution in [0.3, 0.4) is 0 Å². The zero-order valence-electron chi connectivity index (χ0n) is 14.2. The van der Waals surface area contributed by atoms with E-state index < -0.39 is 0 Å². The first-order valence-corrected chi connectivity index (χ1v) is 10.6. The second-order valence-corrected chi connectivity index (χ2v) is 9.04. The van der Waals surface area contributed by atoms with Crippen molar-refractivity contribution < 1.29 is 19.3 Å². The second-order valence-electron chi connectivity index (χ2n) is 5.99. The number of aliphatic hydroxyl groups excluding tert-OH is 1. The van der Waals surface area contributed by atoms with Crippen LogP contribution in [0.5, 0.6) is 10.8 Å². The largest absolute Gasteiger partial charge is 0.496 e. The molecule has 1 N–H and O–H groups in total. The molecule has 0 spiro atoms. The molecule has 8 heteroatoms. The number of thiophene rings is 2. The smallest absolute Gasteiger partial charge is 0.175 e. The van der Waals surface area contributed by atoms with E-state index in [4.69, 9.17) is 37.4 Å². The molecule has 4 nitrogen and oxygen atoms in total. The van der Waals surface area contributed by atoms with Crippen molar-refractivity contribution in [3.05, 3.63) is 43.4 Å². The van der Waals surface area contributed by atoms with Gasteiger partial charge in [-0.1, -0.05) is 40.6 Å². The molecule has 142 valence electrons. The molecule has 0 amide bonds. The summed E-state index contributed by atoms with van der Waals surface area (Å²) >= 11 is 15.4. The van der Waals surface area contributed by atoms with Gasteiger partial charge in [-0.15, -0.1) is 11.3 Å². The van der Waals surface area contributed by atoms with E-state index in [9.17, 15) is 5.11 Å². The van der Waals surface area contributed by atoms with Crippen molar-refractivity contribution in [2.45, 2.75) is 19.6 Å². The molecule has 0 bridgehead atoms.